The molecule has 1 aliphatic heterocycles. The lowest BCUT2D eigenvalue weighted by Gasteiger charge is -2.21. The van der Waals surface area contributed by atoms with E-state index in [0.29, 0.717) is 29.3 Å². The molecule has 4 rings (SSSR count). The van der Waals surface area contributed by atoms with E-state index in [-0.39, 0.29) is 11.5 Å². The van der Waals surface area contributed by atoms with E-state index in [9.17, 15) is 14.4 Å². The fourth-order valence-corrected chi connectivity index (χ4v) is 4.03. The van der Waals surface area contributed by atoms with Crippen LogP contribution in [0.2, 0.25) is 0 Å². The Bertz CT molecular complexity index is 943. The van der Waals surface area contributed by atoms with E-state index in [1.54, 1.807) is 24.3 Å². The normalized spacial score (nSPS) is 17.0. The smallest absolute Gasteiger partial charge is 0.338 e. The second-order valence-corrected chi connectivity index (χ2v) is 7.60. The van der Waals surface area contributed by atoms with E-state index in [4.69, 9.17) is 4.74 Å². The first-order valence-corrected chi connectivity index (χ1v) is 9.82. The van der Waals surface area contributed by atoms with Crippen LogP contribution in [0.25, 0.3) is 0 Å². The van der Waals surface area contributed by atoms with Crippen LogP contribution in [-0.2, 0) is 4.74 Å². The van der Waals surface area contributed by atoms with Gasteiger partial charge >= 0.3 is 5.97 Å². The lowest BCUT2D eigenvalue weighted by molar-refractivity contribution is 0.0410. The Morgan fingerprint density at radius 2 is 1.71 bits per heavy atom. The Kier molecular flexibility index (Phi) is 4.99. The molecule has 2 amide bonds. The highest BCUT2D eigenvalue weighted by atomic mass is 16.5. The van der Waals surface area contributed by atoms with Crippen molar-refractivity contribution in [3.8, 4) is 0 Å². The van der Waals surface area contributed by atoms with Gasteiger partial charge in [0, 0.05) is 0 Å². The van der Waals surface area contributed by atoms with E-state index in [2.05, 4.69) is 0 Å². The number of para-hydroxylation sites is 1. The zero-order valence-corrected chi connectivity index (χ0v) is 15.9. The number of amides is 2. The predicted octanol–water partition coefficient (Wildman–Crippen LogP) is 4.53. The van der Waals surface area contributed by atoms with Crippen LogP contribution in [0.15, 0.2) is 42.5 Å². The largest absolute Gasteiger partial charge is 0.462 e. The van der Waals surface area contributed by atoms with Gasteiger partial charge in [-0.1, -0.05) is 37.5 Å². The highest BCUT2D eigenvalue weighted by molar-refractivity contribution is 6.34. The Morgan fingerprint density at radius 3 is 2.46 bits per heavy atom. The number of hydrogen-bond donors (Lipinski definition) is 0. The summed E-state index contributed by atoms with van der Waals surface area (Å²) in [5.41, 5.74) is 2.28. The number of fused-ring (bicyclic) bond motifs is 1. The number of nitrogens with zero attached hydrogens (tertiary/aromatic N) is 1. The van der Waals surface area contributed by atoms with Crippen LogP contribution in [-0.4, -0.2) is 24.4 Å². The molecule has 1 fully saturated rings. The van der Waals surface area contributed by atoms with Crippen molar-refractivity contribution in [3.63, 3.8) is 0 Å². The van der Waals surface area contributed by atoms with Gasteiger partial charge in [-0.15, -0.1) is 0 Å². The van der Waals surface area contributed by atoms with Crippen molar-refractivity contribution in [2.45, 2.75) is 39.0 Å². The Labute approximate surface area is 164 Å². The molecule has 1 heterocycles. The van der Waals surface area contributed by atoms with Crippen LogP contribution in [0.4, 0.5) is 5.69 Å². The topological polar surface area (TPSA) is 63.7 Å². The van der Waals surface area contributed by atoms with Gasteiger partial charge in [0.05, 0.1) is 29.0 Å². The van der Waals surface area contributed by atoms with Crippen molar-refractivity contribution < 1.29 is 19.1 Å². The molecule has 0 radical (unpaired) electrons. The number of benzene rings is 2. The maximum atomic E-state index is 12.9. The average molecular weight is 377 g/mol. The van der Waals surface area contributed by atoms with Crippen LogP contribution < -0.4 is 4.90 Å². The molecule has 2 aromatic rings. The van der Waals surface area contributed by atoms with Gasteiger partial charge in [0.25, 0.3) is 11.8 Å². The number of esters is 1. The van der Waals surface area contributed by atoms with E-state index in [1.165, 1.54) is 30.2 Å². The van der Waals surface area contributed by atoms with Gasteiger partial charge in [0.1, 0.15) is 0 Å². The summed E-state index contributed by atoms with van der Waals surface area (Å²) in [5.74, 6) is -0.789. The third-order valence-corrected chi connectivity index (χ3v) is 5.65. The number of carbonyl (C=O) groups excluding carboxylic acids is 3. The summed E-state index contributed by atoms with van der Waals surface area (Å²) in [4.78, 5) is 39.3. The molecule has 0 atom stereocenters. The Balaban J connectivity index is 1.53. The zero-order chi connectivity index (χ0) is 19.7. The molecule has 144 valence electrons. The zero-order valence-electron chi connectivity index (χ0n) is 15.9. The fourth-order valence-electron chi connectivity index (χ4n) is 4.03. The first-order chi connectivity index (χ1) is 13.6. The third-order valence-electron chi connectivity index (χ3n) is 5.65. The molecule has 0 aromatic heterocycles. The summed E-state index contributed by atoms with van der Waals surface area (Å²) in [6.07, 6.45) is 5.81. The summed E-state index contributed by atoms with van der Waals surface area (Å²) in [7, 11) is 0. The first kappa shape index (κ1) is 18.4. The van der Waals surface area contributed by atoms with Gasteiger partial charge in [-0.3, -0.25) is 9.59 Å². The third kappa shape index (κ3) is 3.33. The van der Waals surface area contributed by atoms with Crippen molar-refractivity contribution in [2.75, 3.05) is 11.5 Å². The van der Waals surface area contributed by atoms with Crippen molar-refractivity contribution in [2.24, 2.45) is 5.92 Å². The summed E-state index contributed by atoms with van der Waals surface area (Å²) in [5, 5.41) is 0. The van der Waals surface area contributed by atoms with Gasteiger partial charge < -0.3 is 4.74 Å². The number of anilines is 1. The summed E-state index contributed by atoms with van der Waals surface area (Å²) >= 11 is 0. The van der Waals surface area contributed by atoms with Crippen molar-refractivity contribution in [3.05, 3.63) is 64.7 Å². The molecule has 0 unspecified atom stereocenters. The molecule has 0 N–H and O–H groups in total. The molecule has 1 aliphatic carbocycles. The summed E-state index contributed by atoms with van der Waals surface area (Å²) in [6, 6.07) is 11.8. The maximum absolute atomic E-state index is 12.9. The predicted molar refractivity (Wildman–Crippen MR) is 106 cm³/mol. The van der Waals surface area contributed by atoms with Crippen molar-refractivity contribution in [1.82, 2.24) is 0 Å². The van der Waals surface area contributed by atoms with Crippen LogP contribution in [0.5, 0.6) is 0 Å². The van der Waals surface area contributed by atoms with Crippen LogP contribution in [0.1, 0.15) is 68.7 Å². The van der Waals surface area contributed by atoms with E-state index in [1.807, 2.05) is 19.1 Å². The quantitative estimate of drug-likeness (QED) is 0.580. The molecular formula is C23H23NO4. The van der Waals surface area contributed by atoms with Gasteiger partial charge in [0.15, 0.2) is 0 Å². The molecule has 28 heavy (non-hydrogen) atoms. The number of rotatable bonds is 4. The first-order valence-electron chi connectivity index (χ1n) is 9.82. The van der Waals surface area contributed by atoms with Crippen molar-refractivity contribution >= 4 is 23.5 Å². The number of hydrogen-bond acceptors (Lipinski definition) is 4. The molecule has 0 bridgehead atoms. The lowest BCUT2D eigenvalue weighted by Crippen LogP contribution is -2.29. The average Bonchev–Trinajstić information content (AvgIpc) is 2.97. The SMILES string of the molecule is Cc1ccccc1N1C(=O)c2ccc(C(=O)OCC3CCCCC3)cc2C1=O. The van der Waals surface area contributed by atoms with Crippen LogP contribution >= 0.6 is 0 Å². The van der Waals surface area contributed by atoms with E-state index < -0.39 is 11.9 Å². The molecular weight excluding hydrogens is 354 g/mol. The number of carbonyl (C=O) groups is 3. The molecule has 5 heteroatoms. The monoisotopic (exact) mass is 377 g/mol. The lowest BCUT2D eigenvalue weighted by atomic mass is 9.90. The molecule has 1 saturated carbocycles. The molecule has 0 spiro atoms. The highest BCUT2D eigenvalue weighted by Crippen LogP contribution is 2.31. The minimum Gasteiger partial charge on any atom is -0.462 e. The maximum Gasteiger partial charge on any atom is 0.338 e. The molecule has 2 aromatic carbocycles. The van der Waals surface area contributed by atoms with Gasteiger partial charge in [-0.25, -0.2) is 9.69 Å². The van der Waals surface area contributed by atoms with E-state index >= 15 is 0 Å². The minimum atomic E-state index is -0.442. The number of imide groups is 1. The van der Waals surface area contributed by atoms with Gasteiger partial charge in [0.2, 0.25) is 0 Å². The Morgan fingerprint density at radius 1 is 1.00 bits per heavy atom. The molecule has 0 saturated heterocycles. The number of ether oxygens (including phenoxy) is 1. The van der Waals surface area contributed by atoms with Crippen LogP contribution in [0, 0.1) is 12.8 Å². The van der Waals surface area contributed by atoms with Gasteiger partial charge in [-0.2, -0.15) is 0 Å². The summed E-state index contributed by atoms with van der Waals surface area (Å²) < 4.78 is 5.47. The minimum absolute atomic E-state index is 0.250. The fraction of sp³-hybridized carbons (Fsp3) is 0.348. The van der Waals surface area contributed by atoms with E-state index in [0.717, 1.165) is 18.4 Å². The van der Waals surface area contributed by atoms with Crippen molar-refractivity contribution in [1.29, 1.82) is 0 Å². The van der Waals surface area contributed by atoms with Crippen LogP contribution in [0.3, 0.4) is 0 Å². The molecule has 5 nitrogen and oxygen atoms in total. The summed E-state index contributed by atoms with van der Waals surface area (Å²) in [6.45, 7) is 2.27. The number of aryl methyl sites for hydroxylation is 1. The Hall–Kier alpha value is -2.95. The van der Waals surface area contributed by atoms with Gasteiger partial charge in [-0.05, 0) is 55.5 Å². The molecule has 2 aliphatic rings. The second kappa shape index (κ2) is 7.58. The second-order valence-electron chi connectivity index (χ2n) is 7.60. The highest BCUT2D eigenvalue weighted by Gasteiger charge is 2.37. The standard InChI is InChI=1S/C23H23NO4/c1-15-7-5-6-10-20(15)24-21(25)18-12-11-17(13-19(18)22(24)26)23(27)28-14-16-8-3-2-4-9-16/h5-7,10-13,16H,2-4,8-9,14H2,1H3.